The van der Waals surface area contributed by atoms with Crippen LogP contribution in [0.3, 0.4) is 0 Å². The maximum Gasteiger partial charge on any atom is 0.515 e. The molecule has 0 aromatic heterocycles. The predicted octanol–water partition coefficient (Wildman–Crippen LogP) is 1.78. The molecule has 2 aromatic rings. The Labute approximate surface area is 222 Å². The minimum absolute atomic E-state index is 0.0993. The van der Waals surface area contributed by atoms with Crippen LogP contribution in [0, 0.1) is 0 Å². The number of quaternary nitrogens is 1. The number of nitrogens with two attached hydrogens (primary N) is 2. The lowest BCUT2D eigenvalue weighted by Crippen LogP contribution is -2.73. The third-order valence-corrected chi connectivity index (χ3v) is 7.39. The van der Waals surface area contributed by atoms with Crippen molar-refractivity contribution in [2.24, 2.45) is 11.5 Å². The number of imide groups is 1. The molecule has 0 aliphatic carbocycles. The summed E-state index contributed by atoms with van der Waals surface area (Å²) in [6.45, 7) is 1.86. The summed E-state index contributed by atoms with van der Waals surface area (Å²) >= 11 is 0. The van der Waals surface area contributed by atoms with E-state index in [0.29, 0.717) is 24.8 Å². The number of benzene rings is 2. The Bertz CT molecular complexity index is 1130. The first kappa shape index (κ1) is 29.0. The summed E-state index contributed by atoms with van der Waals surface area (Å²) < 4.78 is -0.689. The number of carbonyl (C=O) groups is 4. The summed E-state index contributed by atoms with van der Waals surface area (Å²) in [5, 5.41) is 22.1. The summed E-state index contributed by atoms with van der Waals surface area (Å²) in [7, 11) is 0. The number of aliphatic hydroxyl groups is 1. The lowest BCUT2D eigenvalue weighted by Gasteiger charge is -2.46. The van der Waals surface area contributed by atoms with Crippen LogP contribution < -0.4 is 11.5 Å². The molecule has 2 aromatic carbocycles. The average molecular weight is 526 g/mol. The maximum absolute atomic E-state index is 13.8. The van der Waals surface area contributed by atoms with E-state index < -0.39 is 59.1 Å². The fraction of sp³-hybridized carbons (Fsp3) is 0.429. The number of likely N-dealkylation sites (tertiary alicyclic amines) is 1. The first-order valence-corrected chi connectivity index (χ1v) is 12.8. The van der Waals surface area contributed by atoms with Gasteiger partial charge in [0.05, 0.1) is 31.5 Å². The highest BCUT2D eigenvalue weighted by atomic mass is 16.4. The van der Waals surface area contributed by atoms with E-state index in [2.05, 4.69) is 0 Å². The van der Waals surface area contributed by atoms with Gasteiger partial charge in [0.15, 0.2) is 0 Å². The number of aryl methyl sites for hydroxylation is 1. The molecule has 10 heteroatoms. The number of hydrogen-bond acceptors (Lipinski definition) is 6. The van der Waals surface area contributed by atoms with Gasteiger partial charge in [-0.3, -0.25) is 14.4 Å². The van der Waals surface area contributed by atoms with Crippen LogP contribution in [0.25, 0.3) is 0 Å². The standard InChI is InChI=1S/C28H36N4O6/c1-19-9-8-16-32(19,28(37)38)26(23(33)15-14-20-10-4-2-5-11-20)31(27(36)22(29)18-24(30)34)25(35)17-21-12-6-3-7-13-21/h2-7,10-13,19,22-23,26,33H,8-9,14-18,29H2,1H3,(H2-,30,34,37,38)/p+1/t19?,22-,23+,26?,32?/m0/s1. The summed E-state index contributed by atoms with van der Waals surface area (Å²) in [6, 6.07) is 16.1. The third-order valence-electron chi connectivity index (χ3n) is 7.39. The van der Waals surface area contributed by atoms with Gasteiger partial charge in [0.2, 0.25) is 18.0 Å². The minimum atomic E-state index is -1.47. The maximum atomic E-state index is 13.8. The first-order valence-electron chi connectivity index (χ1n) is 12.8. The SMILES string of the molecule is CC1CCC[N+]1(C(=O)O)C([C@H](O)CCc1ccccc1)N(C(=O)Cc1ccccc1)C(=O)[C@@H](N)CC(N)=O. The Morgan fingerprint density at radius 1 is 1.03 bits per heavy atom. The summed E-state index contributed by atoms with van der Waals surface area (Å²) in [5.74, 6) is -2.48. The molecule has 1 fully saturated rings. The van der Waals surface area contributed by atoms with Crippen LogP contribution in [0.15, 0.2) is 60.7 Å². The van der Waals surface area contributed by atoms with E-state index in [1.165, 1.54) is 0 Å². The minimum Gasteiger partial charge on any atom is -0.435 e. The number of carbonyl (C=O) groups excluding carboxylic acids is 3. The van der Waals surface area contributed by atoms with Gasteiger partial charge in [-0.2, -0.15) is 9.28 Å². The van der Waals surface area contributed by atoms with Crippen LogP contribution in [0.4, 0.5) is 4.79 Å². The summed E-state index contributed by atoms with van der Waals surface area (Å²) in [6.07, 6.45) is -3.24. The number of nitrogens with zero attached hydrogens (tertiary/aromatic N) is 2. The van der Waals surface area contributed by atoms with E-state index in [4.69, 9.17) is 11.5 Å². The van der Waals surface area contributed by atoms with Crippen LogP contribution >= 0.6 is 0 Å². The lowest BCUT2D eigenvalue weighted by molar-refractivity contribution is -0.904. The molecule has 10 nitrogen and oxygen atoms in total. The van der Waals surface area contributed by atoms with Crippen molar-refractivity contribution in [1.82, 2.24) is 4.90 Å². The van der Waals surface area contributed by atoms with Crippen LogP contribution in [0.1, 0.15) is 43.7 Å². The van der Waals surface area contributed by atoms with Crippen LogP contribution in [-0.4, -0.2) is 74.3 Å². The van der Waals surface area contributed by atoms with Gasteiger partial charge in [0, 0.05) is 12.8 Å². The smallest absolute Gasteiger partial charge is 0.435 e. The zero-order valence-electron chi connectivity index (χ0n) is 21.6. The average Bonchev–Trinajstić information content (AvgIpc) is 3.27. The number of amides is 4. The fourth-order valence-electron chi connectivity index (χ4n) is 5.42. The molecule has 0 saturated carbocycles. The summed E-state index contributed by atoms with van der Waals surface area (Å²) in [4.78, 5) is 52.8. The van der Waals surface area contributed by atoms with Crippen molar-refractivity contribution in [1.29, 1.82) is 0 Å². The van der Waals surface area contributed by atoms with E-state index in [9.17, 15) is 29.4 Å². The van der Waals surface area contributed by atoms with Crippen LogP contribution in [0.2, 0.25) is 0 Å². The Balaban J connectivity index is 2.09. The third kappa shape index (κ3) is 6.45. The van der Waals surface area contributed by atoms with Crippen LogP contribution in [-0.2, 0) is 27.2 Å². The Morgan fingerprint density at radius 2 is 1.61 bits per heavy atom. The molecule has 5 atom stereocenters. The Hall–Kier alpha value is -3.60. The number of carboxylic acid groups (broad SMARTS) is 1. The zero-order valence-corrected chi connectivity index (χ0v) is 21.6. The predicted molar refractivity (Wildman–Crippen MR) is 140 cm³/mol. The molecule has 0 radical (unpaired) electrons. The molecule has 3 rings (SSSR count). The van der Waals surface area contributed by atoms with Crippen molar-refractivity contribution in [3.8, 4) is 0 Å². The second-order valence-electron chi connectivity index (χ2n) is 9.97. The van der Waals surface area contributed by atoms with Gasteiger partial charge in [-0.15, -0.1) is 0 Å². The molecule has 1 saturated heterocycles. The Morgan fingerprint density at radius 3 is 2.11 bits per heavy atom. The Kier molecular flexibility index (Phi) is 9.73. The second kappa shape index (κ2) is 12.8. The van der Waals surface area contributed by atoms with Crippen molar-refractivity contribution in [2.75, 3.05) is 6.54 Å². The lowest BCUT2D eigenvalue weighted by atomic mass is 10.00. The number of primary amides is 1. The molecule has 1 aliphatic rings. The topological polar surface area (TPSA) is 164 Å². The first-order chi connectivity index (χ1) is 18.1. The highest BCUT2D eigenvalue weighted by Crippen LogP contribution is 2.35. The van der Waals surface area contributed by atoms with Crippen molar-refractivity contribution < 1.29 is 33.9 Å². The highest BCUT2D eigenvalue weighted by molar-refractivity contribution is 6.00. The largest absolute Gasteiger partial charge is 0.515 e. The number of rotatable bonds is 11. The highest BCUT2D eigenvalue weighted by Gasteiger charge is 2.59. The fourth-order valence-corrected chi connectivity index (χ4v) is 5.42. The molecule has 204 valence electrons. The van der Waals surface area contributed by atoms with Gasteiger partial charge in [0.1, 0.15) is 6.10 Å². The zero-order chi connectivity index (χ0) is 27.9. The quantitative estimate of drug-likeness (QED) is 0.325. The summed E-state index contributed by atoms with van der Waals surface area (Å²) in [5.41, 5.74) is 12.8. The van der Waals surface area contributed by atoms with Gasteiger partial charge in [0.25, 0.3) is 5.91 Å². The van der Waals surface area contributed by atoms with E-state index in [1.807, 2.05) is 30.3 Å². The van der Waals surface area contributed by atoms with E-state index >= 15 is 0 Å². The molecule has 1 aliphatic heterocycles. The molecular formula is C28H37N4O6+. The monoisotopic (exact) mass is 525 g/mol. The number of hydrogen-bond donors (Lipinski definition) is 4. The second-order valence-corrected chi connectivity index (χ2v) is 9.97. The van der Waals surface area contributed by atoms with Gasteiger partial charge in [-0.25, -0.2) is 4.90 Å². The van der Waals surface area contributed by atoms with E-state index in [1.54, 1.807) is 37.3 Å². The van der Waals surface area contributed by atoms with Gasteiger partial charge in [-0.05, 0) is 30.9 Å². The van der Waals surface area contributed by atoms with E-state index in [-0.39, 0.29) is 19.4 Å². The molecule has 1 heterocycles. The normalized spacial score (nSPS) is 21.3. The van der Waals surface area contributed by atoms with Gasteiger partial charge < -0.3 is 21.7 Å². The number of aliphatic hydroxyl groups excluding tert-OH is 1. The molecular weight excluding hydrogens is 488 g/mol. The van der Waals surface area contributed by atoms with E-state index in [0.717, 1.165) is 10.5 Å². The van der Waals surface area contributed by atoms with Crippen molar-refractivity contribution in [3.05, 3.63) is 71.8 Å². The van der Waals surface area contributed by atoms with Gasteiger partial charge in [-0.1, -0.05) is 60.7 Å². The van der Waals surface area contributed by atoms with Crippen molar-refractivity contribution in [2.45, 2.75) is 69.8 Å². The van der Waals surface area contributed by atoms with Gasteiger partial charge >= 0.3 is 6.09 Å². The van der Waals surface area contributed by atoms with Crippen molar-refractivity contribution in [3.63, 3.8) is 0 Å². The van der Waals surface area contributed by atoms with Crippen LogP contribution in [0.5, 0.6) is 0 Å². The molecule has 0 bridgehead atoms. The molecule has 3 unspecified atom stereocenters. The molecule has 4 amide bonds. The molecule has 0 spiro atoms. The van der Waals surface area contributed by atoms with Crippen molar-refractivity contribution >= 4 is 23.8 Å². The molecule has 38 heavy (non-hydrogen) atoms. The molecule has 6 N–H and O–H groups in total.